The van der Waals surface area contributed by atoms with Crippen LogP contribution in [0, 0.1) is 0 Å². The minimum atomic E-state index is -0.323. The molecule has 0 fully saturated rings. The number of nitrogens with zero attached hydrogens (tertiary/aromatic N) is 1. The summed E-state index contributed by atoms with van der Waals surface area (Å²) in [6.07, 6.45) is 1.64. The quantitative estimate of drug-likeness (QED) is 0.908. The third kappa shape index (κ3) is 3.05. The smallest absolute Gasteiger partial charge is 0.272 e. The van der Waals surface area contributed by atoms with Crippen LogP contribution in [0.5, 0.6) is 5.75 Å². The number of fused-ring (bicyclic) bond motifs is 1. The van der Waals surface area contributed by atoms with E-state index in [1.54, 1.807) is 17.9 Å². The lowest BCUT2D eigenvalue weighted by Crippen LogP contribution is -2.50. The molecular weight excluding hydrogens is 308 g/mol. The van der Waals surface area contributed by atoms with Gasteiger partial charge in [-0.2, -0.15) is 0 Å². The molecule has 0 bridgehead atoms. The van der Waals surface area contributed by atoms with Crippen LogP contribution in [-0.4, -0.2) is 30.2 Å². The molecule has 3 rings (SSSR count). The first kappa shape index (κ1) is 16.3. The van der Waals surface area contributed by atoms with E-state index in [0.717, 1.165) is 5.56 Å². The van der Waals surface area contributed by atoms with Crippen LogP contribution in [0.25, 0.3) is 0 Å². The number of benzene rings is 1. The predicted molar refractivity (Wildman–Crippen MR) is 89.3 cm³/mol. The minimum Gasteiger partial charge on any atom is -0.483 e. The highest BCUT2D eigenvalue weighted by molar-refractivity contribution is 5.96. The molecule has 24 heavy (non-hydrogen) atoms. The van der Waals surface area contributed by atoms with Gasteiger partial charge >= 0.3 is 0 Å². The second-order valence-corrected chi connectivity index (χ2v) is 5.82. The molecule has 0 saturated heterocycles. The molecular formula is C18H20N2O4. The second-order valence-electron chi connectivity index (χ2n) is 5.82. The fraction of sp³-hybridized carbons (Fsp3) is 0.333. The average molecular weight is 328 g/mol. The van der Waals surface area contributed by atoms with Crippen LogP contribution in [-0.2, 0) is 11.3 Å². The van der Waals surface area contributed by atoms with Crippen molar-refractivity contribution in [3.63, 3.8) is 0 Å². The van der Waals surface area contributed by atoms with Crippen LogP contribution in [0.2, 0.25) is 0 Å². The molecule has 0 unspecified atom stereocenters. The highest BCUT2D eigenvalue weighted by atomic mass is 16.5. The fourth-order valence-corrected chi connectivity index (χ4v) is 2.87. The zero-order valence-corrected chi connectivity index (χ0v) is 13.7. The number of nitrogens with one attached hydrogen (secondary N) is 1. The normalized spacial score (nSPS) is 19.5. The van der Waals surface area contributed by atoms with Crippen molar-refractivity contribution in [2.24, 2.45) is 0 Å². The van der Waals surface area contributed by atoms with Gasteiger partial charge in [-0.3, -0.25) is 9.59 Å². The topological polar surface area (TPSA) is 69.6 Å². The standard InChI is InChI=1S/C18H20N2O4/c1-12-14(11-23-2)19-18(22)16-17(15(21)8-9-20(12)16)24-10-13-6-4-3-5-7-13/h3-9,12,14H,10-11H2,1-2H3,(H,19,22)/t12-,14+/m1/s1. The highest BCUT2D eigenvalue weighted by Gasteiger charge is 2.33. The first-order valence-electron chi connectivity index (χ1n) is 7.83. The summed E-state index contributed by atoms with van der Waals surface area (Å²) in [4.78, 5) is 24.7. The Balaban J connectivity index is 1.94. The zero-order chi connectivity index (χ0) is 17.1. The molecule has 1 aromatic heterocycles. The Hall–Kier alpha value is -2.60. The molecule has 2 heterocycles. The highest BCUT2D eigenvalue weighted by Crippen LogP contribution is 2.25. The van der Waals surface area contributed by atoms with Crippen LogP contribution in [0.3, 0.4) is 0 Å². The molecule has 1 amide bonds. The maximum absolute atomic E-state index is 12.5. The van der Waals surface area contributed by atoms with Crippen molar-refractivity contribution < 1.29 is 14.3 Å². The summed E-state index contributed by atoms with van der Waals surface area (Å²) < 4.78 is 12.6. The minimum absolute atomic E-state index is 0.0441. The summed E-state index contributed by atoms with van der Waals surface area (Å²) in [5.41, 5.74) is 0.893. The van der Waals surface area contributed by atoms with E-state index in [2.05, 4.69) is 5.32 Å². The molecule has 2 atom stereocenters. The molecule has 0 saturated carbocycles. The number of carbonyl (C=O) groups excluding carboxylic acids is 1. The van der Waals surface area contributed by atoms with Gasteiger partial charge in [0.1, 0.15) is 6.61 Å². The van der Waals surface area contributed by atoms with Gasteiger partial charge in [0, 0.05) is 19.4 Å². The van der Waals surface area contributed by atoms with Crippen molar-refractivity contribution >= 4 is 5.91 Å². The second kappa shape index (κ2) is 6.88. The van der Waals surface area contributed by atoms with Gasteiger partial charge in [-0.1, -0.05) is 30.3 Å². The summed E-state index contributed by atoms with van der Waals surface area (Å²) in [5.74, 6) is -0.238. The first-order chi connectivity index (χ1) is 11.6. The van der Waals surface area contributed by atoms with Crippen LogP contribution in [0.4, 0.5) is 0 Å². The van der Waals surface area contributed by atoms with Crippen molar-refractivity contribution in [3.8, 4) is 5.75 Å². The first-order valence-corrected chi connectivity index (χ1v) is 7.83. The Morgan fingerprint density at radius 3 is 2.62 bits per heavy atom. The van der Waals surface area contributed by atoms with Crippen molar-refractivity contribution in [3.05, 3.63) is 64.1 Å². The molecule has 1 N–H and O–H groups in total. The van der Waals surface area contributed by atoms with E-state index in [1.807, 2.05) is 37.3 Å². The van der Waals surface area contributed by atoms with Gasteiger partial charge in [0.2, 0.25) is 5.43 Å². The largest absolute Gasteiger partial charge is 0.483 e. The predicted octanol–water partition coefficient (Wildman–Crippen LogP) is 1.75. The SMILES string of the molecule is COC[C@@H]1NC(=O)c2c(OCc3ccccc3)c(=O)ccn2[C@@H]1C. The van der Waals surface area contributed by atoms with Crippen molar-refractivity contribution in [1.29, 1.82) is 0 Å². The zero-order valence-electron chi connectivity index (χ0n) is 13.7. The lowest BCUT2D eigenvalue weighted by molar-refractivity contribution is 0.0788. The van der Waals surface area contributed by atoms with E-state index < -0.39 is 0 Å². The van der Waals surface area contributed by atoms with Crippen molar-refractivity contribution in [1.82, 2.24) is 9.88 Å². The molecule has 126 valence electrons. The Labute approximate surface area is 140 Å². The van der Waals surface area contributed by atoms with Gasteiger partial charge in [0.05, 0.1) is 18.7 Å². The van der Waals surface area contributed by atoms with E-state index >= 15 is 0 Å². The maximum atomic E-state index is 12.5. The number of amides is 1. The van der Waals surface area contributed by atoms with Crippen LogP contribution in [0.15, 0.2) is 47.4 Å². The monoisotopic (exact) mass is 328 g/mol. The number of rotatable bonds is 5. The van der Waals surface area contributed by atoms with E-state index in [-0.39, 0.29) is 41.5 Å². The Morgan fingerprint density at radius 1 is 1.17 bits per heavy atom. The molecule has 1 aliphatic rings. The average Bonchev–Trinajstić information content (AvgIpc) is 2.59. The van der Waals surface area contributed by atoms with Crippen molar-refractivity contribution in [2.45, 2.75) is 25.6 Å². The summed E-state index contributed by atoms with van der Waals surface area (Å²) >= 11 is 0. The molecule has 0 spiro atoms. The summed E-state index contributed by atoms with van der Waals surface area (Å²) in [6, 6.07) is 10.8. The summed E-state index contributed by atoms with van der Waals surface area (Å²) in [5, 5.41) is 2.89. The number of pyridine rings is 1. The van der Waals surface area contributed by atoms with Gasteiger partial charge in [-0.25, -0.2) is 0 Å². The molecule has 1 aromatic carbocycles. The third-order valence-electron chi connectivity index (χ3n) is 4.21. The Bertz CT molecular complexity index is 785. The lowest BCUT2D eigenvalue weighted by atomic mass is 10.1. The number of methoxy groups -OCH3 is 1. The van der Waals surface area contributed by atoms with Gasteiger partial charge in [0.25, 0.3) is 5.91 Å². The molecule has 0 radical (unpaired) electrons. The number of ether oxygens (including phenoxy) is 2. The van der Waals surface area contributed by atoms with Gasteiger partial charge < -0.3 is 19.4 Å². The summed E-state index contributed by atoms with van der Waals surface area (Å²) in [7, 11) is 1.59. The van der Waals surface area contributed by atoms with Crippen LogP contribution < -0.4 is 15.5 Å². The van der Waals surface area contributed by atoms with E-state index in [4.69, 9.17) is 9.47 Å². The van der Waals surface area contributed by atoms with E-state index in [9.17, 15) is 9.59 Å². The number of carbonyl (C=O) groups is 1. The van der Waals surface area contributed by atoms with Crippen LogP contribution >= 0.6 is 0 Å². The fourth-order valence-electron chi connectivity index (χ4n) is 2.87. The molecule has 0 aliphatic carbocycles. The van der Waals surface area contributed by atoms with Crippen molar-refractivity contribution in [2.75, 3.05) is 13.7 Å². The number of hydrogen-bond acceptors (Lipinski definition) is 4. The molecule has 6 heteroatoms. The van der Waals surface area contributed by atoms with E-state index in [1.165, 1.54) is 6.07 Å². The molecule has 2 aromatic rings. The summed E-state index contributed by atoms with van der Waals surface area (Å²) in [6.45, 7) is 2.60. The Morgan fingerprint density at radius 2 is 1.92 bits per heavy atom. The van der Waals surface area contributed by atoms with Gasteiger partial charge in [0.15, 0.2) is 11.4 Å². The third-order valence-corrected chi connectivity index (χ3v) is 4.21. The van der Waals surface area contributed by atoms with Gasteiger partial charge in [-0.15, -0.1) is 0 Å². The maximum Gasteiger partial charge on any atom is 0.272 e. The van der Waals surface area contributed by atoms with E-state index in [0.29, 0.717) is 6.61 Å². The van der Waals surface area contributed by atoms with Gasteiger partial charge in [-0.05, 0) is 12.5 Å². The number of hydrogen-bond donors (Lipinski definition) is 1. The number of aromatic nitrogens is 1. The van der Waals surface area contributed by atoms with Crippen LogP contribution in [0.1, 0.15) is 29.0 Å². The Kier molecular flexibility index (Phi) is 4.66. The lowest BCUT2D eigenvalue weighted by Gasteiger charge is -2.34. The molecule has 6 nitrogen and oxygen atoms in total. The molecule has 1 aliphatic heterocycles.